The number of nitrogens with one attached hydrogen (secondary N) is 2. The van der Waals surface area contributed by atoms with E-state index in [1.165, 1.54) is 25.1 Å². The van der Waals surface area contributed by atoms with Crippen LogP contribution in [0.15, 0.2) is 47.4 Å². The second-order valence-corrected chi connectivity index (χ2v) is 12.3. The number of amides is 1. The van der Waals surface area contributed by atoms with Gasteiger partial charge in [-0.15, -0.1) is 0 Å². The number of ether oxygens (including phenoxy) is 3. The van der Waals surface area contributed by atoms with Gasteiger partial charge in [0.1, 0.15) is 29.8 Å². The summed E-state index contributed by atoms with van der Waals surface area (Å²) in [6.07, 6.45) is -2.49. The van der Waals surface area contributed by atoms with E-state index in [1.54, 1.807) is 32.0 Å². The molecule has 3 N–H and O–H groups in total. The molecule has 44 heavy (non-hydrogen) atoms. The quantitative estimate of drug-likeness (QED) is 0.144. The molecule has 1 amide bonds. The van der Waals surface area contributed by atoms with Crippen LogP contribution in [0.3, 0.4) is 0 Å². The Morgan fingerprint density at radius 2 is 1.91 bits per heavy atom. The SMILES string of the molecule is CCCCCOC(=O)Nc1ccn([C@@H]2O[C@H](CO[P@@](=O)(N[C@@H](C)C(=O)OC(C)C)Oc3ccccc3)[C@@H](O)[C@@]2(C)F)c(=O)n1. The van der Waals surface area contributed by atoms with Gasteiger partial charge in [-0.05, 0) is 52.3 Å². The van der Waals surface area contributed by atoms with Crippen molar-refractivity contribution in [3.05, 3.63) is 53.1 Å². The third-order valence-electron chi connectivity index (χ3n) is 6.45. The molecule has 1 fully saturated rings. The molecule has 0 saturated carbocycles. The summed E-state index contributed by atoms with van der Waals surface area (Å²) < 4.78 is 57.3. The zero-order valence-corrected chi connectivity index (χ0v) is 26.2. The van der Waals surface area contributed by atoms with Gasteiger partial charge in [-0.2, -0.15) is 10.1 Å². The van der Waals surface area contributed by atoms with Crippen LogP contribution in [-0.2, 0) is 28.1 Å². The standard InChI is InChI=1S/C28H40FN4O10P/c1-6-7-11-16-39-27(37)31-22-14-15-33(26(36)30-22)25-28(5,29)23(34)21(42-25)17-40-44(38,43-20-12-9-8-10-13-20)32-19(4)24(35)41-18(2)3/h8-10,12-15,18-19,21,23,25,34H,6-7,11,16-17H2,1-5H3,(H,32,38)(H,30,31,36,37)/t19-,21+,23+,25+,28+,44-/m0/s1. The average molecular weight is 643 g/mol. The molecule has 2 aromatic rings. The van der Waals surface area contributed by atoms with Gasteiger partial charge in [-0.1, -0.05) is 38.0 Å². The lowest BCUT2D eigenvalue weighted by atomic mass is 9.98. The summed E-state index contributed by atoms with van der Waals surface area (Å²) in [7, 11) is -4.35. The lowest BCUT2D eigenvalue weighted by Gasteiger charge is -2.25. The Kier molecular flexibility index (Phi) is 12.4. The van der Waals surface area contributed by atoms with E-state index in [4.69, 9.17) is 23.3 Å². The number of nitrogens with zero attached hydrogens (tertiary/aromatic N) is 2. The number of alkyl halides is 1. The number of hydrogen-bond donors (Lipinski definition) is 3. The number of unbranched alkanes of at least 4 members (excludes halogenated alkanes) is 2. The van der Waals surface area contributed by atoms with Gasteiger partial charge in [0.15, 0.2) is 11.9 Å². The maximum Gasteiger partial charge on any atom is 0.459 e. The van der Waals surface area contributed by atoms with E-state index in [2.05, 4.69) is 15.4 Å². The van der Waals surface area contributed by atoms with Crippen LogP contribution in [0.5, 0.6) is 5.75 Å². The molecule has 0 unspecified atom stereocenters. The lowest BCUT2D eigenvalue weighted by Crippen LogP contribution is -2.43. The van der Waals surface area contributed by atoms with Crippen molar-refractivity contribution in [2.75, 3.05) is 18.5 Å². The fourth-order valence-corrected chi connectivity index (χ4v) is 5.68. The summed E-state index contributed by atoms with van der Waals surface area (Å²) in [6, 6.07) is 8.09. The number of aromatic nitrogens is 2. The maximum absolute atomic E-state index is 15.8. The molecule has 244 valence electrons. The minimum atomic E-state index is -4.35. The van der Waals surface area contributed by atoms with Gasteiger partial charge >= 0.3 is 25.5 Å². The van der Waals surface area contributed by atoms with E-state index in [1.807, 2.05) is 6.92 Å². The van der Waals surface area contributed by atoms with Crippen molar-refractivity contribution in [2.45, 2.75) is 90.1 Å². The van der Waals surface area contributed by atoms with Crippen LogP contribution in [0.2, 0.25) is 0 Å². The predicted molar refractivity (Wildman–Crippen MR) is 157 cm³/mol. The highest BCUT2D eigenvalue weighted by atomic mass is 31.2. The fourth-order valence-electron chi connectivity index (χ4n) is 4.17. The molecule has 16 heteroatoms. The number of halogens is 1. The molecule has 0 aliphatic carbocycles. The van der Waals surface area contributed by atoms with Crippen LogP contribution in [-0.4, -0.2) is 70.0 Å². The molecule has 2 heterocycles. The van der Waals surface area contributed by atoms with Gasteiger partial charge < -0.3 is 23.8 Å². The van der Waals surface area contributed by atoms with E-state index in [0.717, 1.165) is 30.5 Å². The molecule has 1 aliphatic rings. The highest BCUT2D eigenvalue weighted by molar-refractivity contribution is 7.52. The van der Waals surface area contributed by atoms with Crippen molar-refractivity contribution in [2.24, 2.45) is 0 Å². The minimum Gasteiger partial charge on any atom is -0.462 e. The fraction of sp³-hybridized carbons (Fsp3) is 0.571. The zero-order valence-electron chi connectivity index (χ0n) is 25.3. The Bertz CT molecular complexity index is 1360. The van der Waals surface area contributed by atoms with E-state index in [0.29, 0.717) is 6.42 Å². The number of hydrogen-bond acceptors (Lipinski definition) is 11. The lowest BCUT2D eigenvalue weighted by molar-refractivity contribution is -0.149. The number of carbonyl (C=O) groups is 2. The number of carbonyl (C=O) groups excluding carboxylic acids is 2. The van der Waals surface area contributed by atoms with Crippen molar-refractivity contribution in [1.29, 1.82) is 0 Å². The molecule has 3 rings (SSSR count). The van der Waals surface area contributed by atoms with Crippen LogP contribution >= 0.6 is 7.75 Å². The highest BCUT2D eigenvalue weighted by Crippen LogP contribution is 2.47. The molecule has 1 aliphatic heterocycles. The largest absolute Gasteiger partial charge is 0.462 e. The van der Waals surface area contributed by atoms with Crippen molar-refractivity contribution in [3.63, 3.8) is 0 Å². The van der Waals surface area contributed by atoms with E-state index >= 15 is 4.39 Å². The van der Waals surface area contributed by atoms with Gasteiger partial charge in [-0.3, -0.25) is 19.2 Å². The number of aliphatic hydroxyl groups is 1. The molecule has 0 radical (unpaired) electrons. The summed E-state index contributed by atoms with van der Waals surface area (Å²) in [4.78, 5) is 40.8. The molecular formula is C28H40FN4O10P. The van der Waals surface area contributed by atoms with Crippen LogP contribution in [0.25, 0.3) is 0 Å². The number of para-hydroxylation sites is 1. The Labute approximate surface area is 254 Å². The molecule has 6 atom stereocenters. The third kappa shape index (κ3) is 9.57. The first kappa shape index (κ1) is 35.1. The van der Waals surface area contributed by atoms with E-state index < -0.39 is 68.4 Å². The Morgan fingerprint density at radius 3 is 2.55 bits per heavy atom. The molecule has 14 nitrogen and oxygen atoms in total. The van der Waals surface area contributed by atoms with Crippen LogP contribution < -0.4 is 20.6 Å². The Morgan fingerprint density at radius 1 is 1.20 bits per heavy atom. The van der Waals surface area contributed by atoms with Crippen molar-refractivity contribution >= 4 is 25.6 Å². The van der Waals surface area contributed by atoms with Gasteiger partial charge in [-0.25, -0.2) is 18.5 Å². The number of benzene rings is 1. The number of aliphatic hydroxyl groups excluding tert-OH is 1. The summed E-state index contributed by atoms with van der Waals surface area (Å²) in [5.41, 5.74) is -3.51. The first-order valence-electron chi connectivity index (χ1n) is 14.3. The molecule has 0 spiro atoms. The van der Waals surface area contributed by atoms with E-state index in [9.17, 15) is 24.1 Å². The number of rotatable bonds is 15. The van der Waals surface area contributed by atoms with Crippen LogP contribution in [0.1, 0.15) is 60.1 Å². The summed E-state index contributed by atoms with van der Waals surface area (Å²) in [5, 5.41) is 15.6. The monoisotopic (exact) mass is 642 g/mol. The molecular weight excluding hydrogens is 602 g/mol. The summed E-state index contributed by atoms with van der Waals surface area (Å²) in [5.74, 6) is -0.699. The topological polar surface area (TPSA) is 177 Å². The second kappa shape index (κ2) is 15.6. The van der Waals surface area contributed by atoms with E-state index in [-0.39, 0.29) is 18.2 Å². The smallest absolute Gasteiger partial charge is 0.459 e. The number of anilines is 1. The average Bonchev–Trinajstić information content (AvgIpc) is 3.18. The number of esters is 1. The predicted octanol–water partition coefficient (Wildman–Crippen LogP) is 4.10. The summed E-state index contributed by atoms with van der Waals surface area (Å²) >= 11 is 0. The highest BCUT2D eigenvalue weighted by Gasteiger charge is 2.56. The molecule has 0 bridgehead atoms. The second-order valence-electron chi connectivity index (χ2n) is 10.6. The van der Waals surface area contributed by atoms with Gasteiger partial charge in [0.2, 0.25) is 0 Å². The zero-order chi connectivity index (χ0) is 32.5. The summed E-state index contributed by atoms with van der Waals surface area (Å²) in [6.45, 7) is 7.28. The van der Waals surface area contributed by atoms with Crippen LogP contribution in [0, 0.1) is 0 Å². The minimum absolute atomic E-state index is 0.124. The molecule has 1 saturated heterocycles. The van der Waals surface area contributed by atoms with Gasteiger partial charge in [0.05, 0.1) is 19.3 Å². The van der Waals surface area contributed by atoms with Crippen molar-refractivity contribution < 1.29 is 46.9 Å². The Hall–Kier alpha value is -3.36. The van der Waals surface area contributed by atoms with Crippen molar-refractivity contribution in [1.82, 2.24) is 14.6 Å². The normalized spacial score (nSPS) is 23.5. The maximum atomic E-state index is 15.8. The first-order chi connectivity index (χ1) is 20.8. The molecule has 1 aromatic carbocycles. The Balaban J connectivity index is 1.72. The van der Waals surface area contributed by atoms with Crippen molar-refractivity contribution in [3.8, 4) is 5.75 Å². The van der Waals surface area contributed by atoms with Gasteiger partial charge in [0.25, 0.3) is 0 Å². The van der Waals surface area contributed by atoms with Crippen LogP contribution in [0.4, 0.5) is 15.0 Å². The molecule has 1 aromatic heterocycles. The first-order valence-corrected chi connectivity index (χ1v) is 15.8. The third-order valence-corrected chi connectivity index (χ3v) is 8.09. The van der Waals surface area contributed by atoms with Gasteiger partial charge in [0, 0.05) is 6.20 Å².